The second-order valence-electron chi connectivity index (χ2n) is 2.39. The summed E-state index contributed by atoms with van der Waals surface area (Å²) < 4.78 is 22.2. The molecule has 0 aromatic heterocycles. The Labute approximate surface area is 58.8 Å². The zero-order valence-corrected chi connectivity index (χ0v) is 6.71. The third kappa shape index (κ3) is 6.12. The van der Waals surface area contributed by atoms with Crippen molar-refractivity contribution in [2.45, 2.75) is 13.8 Å². The van der Waals surface area contributed by atoms with E-state index in [9.17, 15) is 8.94 Å². The summed E-state index contributed by atoms with van der Waals surface area (Å²) in [6, 6.07) is 0. The van der Waals surface area contributed by atoms with E-state index in [4.69, 9.17) is 0 Å². The SMILES string of the molecule is CC(C)C[S+]([O-])CCF. The molecule has 9 heavy (non-hydrogen) atoms. The van der Waals surface area contributed by atoms with Gasteiger partial charge in [0.1, 0.15) is 18.2 Å². The predicted molar refractivity (Wildman–Crippen MR) is 38.7 cm³/mol. The van der Waals surface area contributed by atoms with Crippen LogP contribution in [-0.4, -0.2) is 22.7 Å². The molecular weight excluding hydrogens is 139 g/mol. The maximum Gasteiger partial charge on any atom is 0.134 e. The first kappa shape index (κ1) is 9.24. The molecule has 3 heteroatoms. The van der Waals surface area contributed by atoms with Crippen molar-refractivity contribution in [3.05, 3.63) is 0 Å². The number of hydrogen-bond acceptors (Lipinski definition) is 1. The molecule has 0 rings (SSSR count). The van der Waals surface area contributed by atoms with Gasteiger partial charge in [0.05, 0.1) is 0 Å². The van der Waals surface area contributed by atoms with Crippen LogP contribution in [0.2, 0.25) is 0 Å². The van der Waals surface area contributed by atoms with Gasteiger partial charge in [0, 0.05) is 0 Å². The zero-order valence-electron chi connectivity index (χ0n) is 5.89. The summed E-state index contributed by atoms with van der Waals surface area (Å²) in [6.45, 7) is 3.51. The van der Waals surface area contributed by atoms with Crippen molar-refractivity contribution in [3.8, 4) is 0 Å². The maximum absolute atomic E-state index is 11.5. The molecular formula is C6H13FOS. The Hall–Kier alpha value is 0.240. The average Bonchev–Trinajstić information content (AvgIpc) is 1.63. The van der Waals surface area contributed by atoms with Gasteiger partial charge in [-0.2, -0.15) is 0 Å². The Kier molecular flexibility index (Phi) is 5.19. The maximum atomic E-state index is 11.5. The molecule has 0 heterocycles. The first-order chi connectivity index (χ1) is 4.16. The molecule has 0 spiro atoms. The van der Waals surface area contributed by atoms with Crippen LogP contribution in [-0.2, 0) is 11.2 Å². The van der Waals surface area contributed by atoms with Crippen molar-refractivity contribution in [2.75, 3.05) is 18.2 Å². The van der Waals surface area contributed by atoms with E-state index in [1.807, 2.05) is 13.8 Å². The van der Waals surface area contributed by atoms with Gasteiger partial charge >= 0.3 is 0 Å². The third-order valence-electron chi connectivity index (χ3n) is 0.824. The van der Waals surface area contributed by atoms with Crippen LogP contribution in [0.5, 0.6) is 0 Å². The van der Waals surface area contributed by atoms with Crippen molar-refractivity contribution < 1.29 is 8.94 Å². The molecule has 1 nitrogen and oxygen atoms in total. The van der Waals surface area contributed by atoms with Crippen LogP contribution in [0.15, 0.2) is 0 Å². The third-order valence-corrected chi connectivity index (χ3v) is 2.47. The first-order valence-corrected chi connectivity index (χ1v) is 4.56. The summed E-state index contributed by atoms with van der Waals surface area (Å²) in [7, 11) is 0. The highest BCUT2D eigenvalue weighted by Crippen LogP contribution is 1.99. The quantitative estimate of drug-likeness (QED) is 0.558. The van der Waals surface area contributed by atoms with E-state index in [2.05, 4.69) is 0 Å². The molecule has 0 aromatic rings. The van der Waals surface area contributed by atoms with Gasteiger partial charge in [-0.15, -0.1) is 0 Å². The number of rotatable bonds is 4. The van der Waals surface area contributed by atoms with Crippen LogP contribution < -0.4 is 0 Å². The van der Waals surface area contributed by atoms with Gasteiger partial charge in [0.2, 0.25) is 0 Å². The van der Waals surface area contributed by atoms with Crippen LogP contribution >= 0.6 is 0 Å². The van der Waals surface area contributed by atoms with Crippen molar-refractivity contribution in [2.24, 2.45) is 5.92 Å². The number of hydrogen-bond donors (Lipinski definition) is 0. The second-order valence-corrected chi connectivity index (χ2v) is 4.01. The molecule has 1 atom stereocenters. The lowest BCUT2D eigenvalue weighted by Gasteiger charge is -2.10. The lowest BCUT2D eigenvalue weighted by atomic mass is 10.3. The summed E-state index contributed by atoms with van der Waals surface area (Å²) in [5.74, 6) is 1.25. The number of halogens is 1. The van der Waals surface area contributed by atoms with Crippen molar-refractivity contribution in [1.82, 2.24) is 0 Å². The van der Waals surface area contributed by atoms with E-state index >= 15 is 0 Å². The van der Waals surface area contributed by atoms with Gasteiger partial charge in [0.15, 0.2) is 0 Å². The fraction of sp³-hybridized carbons (Fsp3) is 1.00. The fourth-order valence-electron chi connectivity index (χ4n) is 0.541. The lowest BCUT2D eigenvalue weighted by molar-refractivity contribution is 0.514. The van der Waals surface area contributed by atoms with E-state index in [0.717, 1.165) is 0 Å². The van der Waals surface area contributed by atoms with Crippen molar-refractivity contribution in [3.63, 3.8) is 0 Å². The molecule has 0 aliphatic heterocycles. The van der Waals surface area contributed by atoms with Crippen molar-refractivity contribution in [1.29, 1.82) is 0 Å². The van der Waals surface area contributed by atoms with Crippen molar-refractivity contribution >= 4 is 11.2 Å². The van der Waals surface area contributed by atoms with Crippen LogP contribution in [0.25, 0.3) is 0 Å². The van der Waals surface area contributed by atoms with E-state index in [-0.39, 0.29) is 5.75 Å². The van der Waals surface area contributed by atoms with Gasteiger partial charge in [-0.1, -0.05) is 25.0 Å². The Morgan fingerprint density at radius 3 is 2.44 bits per heavy atom. The van der Waals surface area contributed by atoms with Gasteiger partial charge in [-0.25, -0.2) is 4.39 Å². The normalized spacial score (nSPS) is 14.3. The molecule has 0 radical (unpaired) electrons. The summed E-state index contributed by atoms with van der Waals surface area (Å²) in [6.07, 6.45) is 0. The Balaban J connectivity index is 3.15. The minimum Gasteiger partial charge on any atom is -0.616 e. The molecule has 0 aliphatic carbocycles. The van der Waals surface area contributed by atoms with E-state index in [0.29, 0.717) is 11.7 Å². The predicted octanol–water partition coefficient (Wildman–Crippen LogP) is 1.36. The first-order valence-electron chi connectivity index (χ1n) is 3.07. The van der Waals surface area contributed by atoms with E-state index in [1.54, 1.807) is 0 Å². The molecule has 0 saturated carbocycles. The van der Waals surface area contributed by atoms with Gasteiger partial charge in [0.25, 0.3) is 0 Å². The minimum atomic E-state index is -0.925. The second kappa shape index (κ2) is 5.06. The Morgan fingerprint density at radius 2 is 2.11 bits per heavy atom. The largest absolute Gasteiger partial charge is 0.616 e. The van der Waals surface area contributed by atoms with Crippen LogP contribution in [0, 0.1) is 5.92 Å². The molecule has 0 aromatic carbocycles. The Bertz CT molecular complexity index is 68.1. The summed E-state index contributed by atoms with van der Waals surface area (Å²) in [4.78, 5) is 0. The highest BCUT2D eigenvalue weighted by atomic mass is 32.2. The van der Waals surface area contributed by atoms with Crippen LogP contribution in [0.4, 0.5) is 4.39 Å². The molecule has 0 aliphatic rings. The highest BCUT2D eigenvalue weighted by molar-refractivity contribution is 7.91. The van der Waals surface area contributed by atoms with Gasteiger partial charge in [-0.05, 0) is 5.92 Å². The standard InChI is InChI=1S/C6H13FOS/c1-6(2)5-9(8)4-3-7/h6H,3-5H2,1-2H3. The Morgan fingerprint density at radius 1 is 1.56 bits per heavy atom. The molecule has 0 bridgehead atoms. The topological polar surface area (TPSA) is 23.1 Å². The molecule has 0 saturated heterocycles. The van der Waals surface area contributed by atoms with Crippen LogP contribution in [0.3, 0.4) is 0 Å². The van der Waals surface area contributed by atoms with Crippen LogP contribution in [0.1, 0.15) is 13.8 Å². The monoisotopic (exact) mass is 152 g/mol. The molecule has 0 N–H and O–H groups in total. The molecule has 1 unspecified atom stereocenters. The average molecular weight is 152 g/mol. The van der Waals surface area contributed by atoms with Gasteiger partial charge < -0.3 is 4.55 Å². The zero-order chi connectivity index (χ0) is 7.28. The molecule has 0 fully saturated rings. The fourth-order valence-corrected chi connectivity index (χ4v) is 1.62. The smallest absolute Gasteiger partial charge is 0.134 e. The number of alkyl halides is 1. The summed E-state index contributed by atoms with van der Waals surface area (Å²) in [5, 5.41) is 0. The molecule has 0 amide bonds. The lowest BCUT2D eigenvalue weighted by Crippen LogP contribution is -2.16. The molecule has 56 valence electrons. The van der Waals surface area contributed by atoms with Gasteiger partial charge in [-0.3, -0.25) is 0 Å². The van der Waals surface area contributed by atoms with E-state index < -0.39 is 17.9 Å². The summed E-state index contributed by atoms with van der Waals surface area (Å²) in [5.41, 5.74) is 0. The highest BCUT2D eigenvalue weighted by Gasteiger charge is 2.07. The minimum absolute atomic E-state index is 0.207. The summed E-state index contributed by atoms with van der Waals surface area (Å²) >= 11 is -0.925. The van der Waals surface area contributed by atoms with E-state index in [1.165, 1.54) is 0 Å².